The first kappa shape index (κ1) is 19.8. The van der Waals surface area contributed by atoms with Crippen molar-refractivity contribution in [1.29, 1.82) is 0 Å². The van der Waals surface area contributed by atoms with Gasteiger partial charge in [-0.25, -0.2) is 0 Å². The van der Waals surface area contributed by atoms with Crippen LogP contribution in [0.2, 0.25) is 0 Å². The Morgan fingerprint density at radius 1 is 0.500 bits per heavy atom. The molecule has 0 aromatic heterocycles. The number of nitrogens with zero attached hydrogens (tertiary/aromatic N) is 2. The lowest BCUT2D eigenvalue weighted by Gasteiger charge is -2.14. The van der Waals surface area contributed by atoms with E-state index in [1.807, 2.05) is 0 Å². The SMILES string of the molecule is CN(CCO)CCCCCCCCCCN(C)CCO. The van der Waals surface area contributed by atoms with Crippen molar-refractivity contribution in [3.05, 3.63) is 0 Å². The summed E-state index contributed by atoms with van der Waals surface area (Å²) in [5.41, 5.74) is 0. The summed E-state index contributed by atoms with van der Waals surface area (Å²) in [6.07, 6.45) is 10.5. The summed E-state index contributed by atoms with van der Waals surface area (Å²) in [5, 5.41) is 17.6. The summed E-state index contributed by atoms with van der Waals surface area (Å²) in [6.45, 7) is 4.35. The third-order valence-corrected chi connectivity index (χ3v) is 3.79. The van der Waals surface area contributed by atoms with Crippen LogP contribution in [0.3, 0.4) is 0 Å². The van der Waals surface area contributed by atoms with Crippen LogP contribution in [0.5, 0.6) is 0 Å². The Morgan fingerprint density at radius 2 is 0.800 bits per heavy atom. The Kier molecular flexibility index (Phi) is 15.1. The lowest BCUT2D eigenvalue weighted by Crippen LogP contribution is -2.23. The van der Waals surface area contributed by atoms with Crippen molar-refractivity contribution >= 4 is 0 Å². The van der Waals surface area contributed by atoms with E-state index in [-0.39, 0.29) is 13.2 Å². The first-order chi connectivity index (χ1) is 9.70. The van der Waals surface area contributed by atoms with Crippen molar-refractivity contribution in [2.24, 2.45) is 0 Å². The fourth-order valence-corrected chi connectivity index (χ4v) is 2.39. The van der Waals surface area contributed by atoms with Crippen LogP contribution >= 0.6 is 0 Å². The van der Waals surface area contributed by atoms with Gasteiger partial charge in [0.1, 0.15) is 0 Å². The van der Waals surface area contributed by atoms with E-state index in [1.165, 1.54) is 51.4 Å². The average molecular weight is 288 g/mol. The Balaban J connectivity index is 3.10. The Hall–Kier alpha value is -0.160. The highest BCUT2D eigenvalue weighted by molar-refractivity contribution is 4.54. The first-order valence-electron chi connectivity index (χ1n) is 8.29. The molecule has 0 amide bonds. The molecule has 0 rings (SSSR count). The number of rotatable bonds is 15. The van der Waals surface area contributed by atoms with Gasteiger partial charge in [-0.1, -0.05) is 38.5 Å². The zero-order valence-electron chi connectivity index (χ0n) is 13.7. The smallest absolute Gasteiger partial charge is 0.0558 e. The van der Waals surface area contributed by atoms with Gasteiger partial charge < -0.3 is 20.0 Å². The third-order valence-electron chi connectivity index (χ3n) is 3.79. The molecule has 0 spiro atoms. The van der Waals surface area contributed by atoms with Gasteiger partial charge in [-0.05, 0) is 40.0 Å². The predicted molar refractivity (Wildman–Crippen MR) is 86.1 cm³/mol. The molecule has 0 bridgehead atoms. The second-order valence-corrected chi connectivity index (χ2v) is 5.88. The van der Waals surface area contributed by atoms with Gasteiger partial charge in [0.2, 0.25) is 0 Å². The zero-order valence-corrected chi connectivity index (χ0v) is 13.7. The van der Waals surface area contributed by atoms with Crippen molar-refractivity contribution in [2.75, 3.05) is 53.5 Å². The van der Waals surface area contributed by atoms with E-state index in [0.717, 1.165) is 26.2 Å². The molecule has 0 aliphatic carbocycles. The van der Waals surface area contributed by atoms with E-state index in [0.29, 0.717) is 0 Å². The van der Waals surface area contributed by atoms with Crippen LogP contribution in [0, 0.1) is 0 Å². The van der Waals surface area contributed by atoms with E-state index in [4.69, 9.17) is 10.2 Å². The normalized spacial score (nSPS) is 11.7. The minimum atomic E-state index is 0.268. The van der Waals surface area contributed by atoms with Crippen molar-refractivity contribution in [1.82, 2.24) is 9.80 Å². The molecule has 0 atom stereocenters. The summed E-state index contributed by atoms with van der Waals surface area (Å²) in [4.78, 5) is 4.39. The van der Waals surface area contributed by atoms with Gasteiger partial charge in [-0.3, -0.25) is 0 Å². The third kappa shape index (κ3) is 14.3. The van der Waals surface area contributed by atoms with E-state index in [2.05, 4.69) is 23.9 Å². The molecule has 4 heteroatoms. The van der Waals surface area contributed by atoms with Gasteiger partial charge in [0.05, 0.1) is 13.2 Å². The summed E-state index contributed by atoms with van der Waals surface area (Å²) in [7, 11) is 4.15. The predicted octanol–water partition coefficient (Wildman–Crippen LogP) is 1.96. The van der Waals surface area contributed by atoms with E-state index >= 15 is 0 Å². The lowest BCUT2D eigenvalue weighted by atomic mass is 10.1. The first-order valence-corrected chi connectivity index (χ1v) is 8.29. The molecule has 0 saturated heterocycles. The van der Waals surface area contributed by atoms with Gasteiger partial charge in [-0.15, -0.1) is 0 Å². The Morgan fingerprint density at radius 3 is 1.10 bits per heavy atom. The summed E-state index contributed by atoms with van der Waals surface area (Å²) >= 11 is 0. The molecule has 20 heavy (non-hydrogen) atoms. The highest BCUT2D eigenvalue weighted by atomic mass is 16.3. The van der Waals surface area contributed by atoms with Crippen molar-refractivity contribution < 1.29 is 10.2 Å². The molecule has 0 aliphatic rings. The van der Waals surface area contributed by atoms with E-state index in [9.17, 15) is 0 Å². The Bertz CT molecular complexity index is 171. The van der Waals surface area contributed by atoms with Gasteiger partial charge in [0.25, 0.3) is 0 Å². The highest BCUT2D eigenvalue weighted by Crippen LogP contribution is 2.09. The van der Waals surface area contributed by atoms with Gasteiger partial charge in [0.15, 0.2) is 0 Å². The topological polar surface area (TPSA) is 46.9 Å². The largest absolute Gasteiger partial charge is 0.395 e. The Labute approximate surface area is 125 Å². The summed E-state index contributed by atoms with van der Waals surface area (Å²) in [5.74, 6) is 0. The number of hydrogen-bond donors (Lipinski definition) is 2. The molecule has 0 radical (unpaired) electrons. The van der Waals surface area contributed by atoms with E-state index in [1.54, 1.807) is 0 Å². The van der Waals surface area contributed by atoms with Crippen LogP contribution in [0.15, 0.2) is 0 Å². The van der Waals surface area contributed by atoms with Crippen LogP contribution in [0.25, 0.3) is 0 Å². The maximum atomic E-state index is 8.79. The maximum absolute atomic E-state index is 8.79. The molecular formula is C16H36N2O2. The zero-order chi connectivity index (χ0) is 15.1. The van der Waals surface area contributed by atoms with Gasteiger partial charge in [0, 0.05) is 13.1 Å². The number of hydrogen-bond acceptors (Lipinski definition) is 4. The maximum Gasteiger partial charge on any atom is 0.0558 e. The van der Waals surface area contributed by atoms with Gasteiger partial charge in [-0.2, -0.15) is 0 Å². The summed E-state index contributed by atoms with van der Waals surface area (Å²) < 4.78 is 0. The molecule has 0 fully saturated rings. The van der Waals surface area contributed by atoms with Crippen LogP contribution in [-0.4, -0.2) is 73.5 Å². The number of likely N-dealkylation sites (N-methyl/N-ethyl adjacent to an activating group) is 2. The molecule has 0 heterocycles. The van der Waals surface area contributed by atoms with Crippen LogP contribution in [-0.2, 0) is 0 Å². The fourth-order valence-electron chi connectivity index (χ4n) is 2.39. The van der Waals surface area contributed by atoms with E-state index < -0.39 is 0 Å². The second kappa shape index (κ2) is 15.2. The van der Waals surface area contributed by atoms with Crippen LogP contribution in [0.4, 0.5) is 0 Å². The standard InChI is InChI=1S/C16H36N2O2/c1-17(13-15-19)11-9-7-5-3-4-6-8-10-12-18(2)14-16-20/h19-20H,3-16H2,1-2H3. The average Bonchev–Trinajstić information content (AvgIpc) is 2.41. The molecule has 0 aromatic rings. The molecule has 4 nitrogen and oxygen atoms in total. The van der Waals surface area contributed by atoms with Crippen molar-refractivity contribution in [3.63, 3.8) is 0 Å². The molecular weight excluding hydrogens is 252 g/mol. The van der Waals surface area contributed by atoms with Gasteiger partial charge >= 0.3 is 0 Å². The number of unbranched alkanes of at least 4 members (excludes halogenated alkanes) is 7. The van der Waals surface area contributed by atoms with Crippen molar-refractivity contribution in [2.45, 2.75) is 51.4 Å². The van der Waals surface area contributed by atoms with Crippen LogP contribution in [0.1, 0.15) is 51.4 Å². The minimum Gasteiger partial charge on any atom is -0.395 e. The number of aliphatic hydroxyl groups excluding tert-OH is 2. The molecule has 0 saturated carbocycles. The molecule has 0 unspecified atom stereocenters. The molecule has 2 N–H and O–H groups in total. The van der Waals surface area contributed by atoms with Crippen LogP contribution < -0.4 is 0 Å². The number of aliphatic hydroxyl groups is 2. The highest BCUT2D eigenvalue weighted by Gasteiger charge is 1.98. The molecule has 0 aromatic carbocycles. The fraction of sp³-hybridized carbons (Fsp3) is 1.00. The molecule has 122 valence electrons. The van der Waals surface area contributed by atoms with Crippen molar-refractivity contribution in [3.8, 4) is 0 Å². The quantitative estimate of drug-likeness (QED) is 0.452. The monoisotopic (exact) mass is 288 g/mol. The lowest BCUT2D eigenvalue weighted by molar-refractivity contribution is 0.218. The molecule has 0 aliphatic heterocycles. The summed E-state index contributed by atoms with van der Waals surface area (Å²) in [6, 6.07) is 0. The second-order valence-electron chi connectivity index (χ2n) is 5.88. The minimum absolute atomic E-state index is 0.268.